The van der Waals surface area contributed by atoms with Gasteiger partial charge in [0.1, 0.15) is 28.0 Å². The number of rotatable bonds is 14. The number of nitrogens with zero attached hydrogens (tertiary/aromatic N) is 2. The minimum Gasteiger partial charge on any atom is -0.496 e. The minimum absolute atomic E-state index is 0.0584. The van der Waals surface area contributed by atoms with E-state index in [4.69, 9.17) is 9.47 Å². The summed E-state index contributed by atoms with van der Waals surface area (Å²) >= 11 is 1.25. The first-order valence-electron chi connectivity index (χ1n) is 12.9. The number of carbonyl (C=O) groups excluding carboxylic acids is 2. The van der Waals surface area contributed by atoms with E-state index in [1.807, 2.05) is 25.1 Å². The van der Waals surface area contributed by atoms with E-state index in [1.54, 1.807) is 36.6 Å². The van der Waals surface area contributed by atoms with Gasteiger partial charge in [0.25, 0.3) is 5.91 Å². The number of hydrogen-bond acceptors (Lipinski definition) is 8. The number of methoxy groups -OCH3 is 2. The maximum absolute atomic E-state index is 13.7. The highest BCUT2D eigenvalue weighted by molar-refractivity contribution is 7.92. The Balaban J connectivity index is 1.51. The van der Waals surface area contributed by atoms with Crippen molar-refractivity contribution in [1.29, 1.82) is 0 Å². The van der Waals surface area contributed by atoms with Crippen molar-refractivity contribution < 1.29 is 27.5 Å². The van der Waals surface area contributed by atoms with Crippen LogP contribution in [0.15, 0.2) is 47.8 Å². The summed E-state index contributed by atoms with van der Waals surface area (Å²) < 4.78 is 35.6. The van der Waals surface area contributed by atoms with Crippen molar-refractivity contribution in [1.82, 2.24) is 9.88 Å². The average molecular weight is 571 g/mol. The number of Topliss-reactive ketones (excluding diaryl/α,β-unsaturated/α-hetero) is 1. The molecule has 1 aliphatic rings. The van der Waals surface area contributed by atoms with Crippen molar-refractivity contribution in [3.05, 3.63) is 75.2 Å². The van der Waals surface area contributed by atoms with Crippen LogP contribution in [0.5, 0.6) is 11.5 Å². The molecule has 0 radical (unpaired) electrons. The van der Waals surface area contributed by atoms with E-state index >= 15 is 0 Å². The number of benzene rings is 2. The van der Waals surface area contributed by atoms with Crippen LogP contribution < -0.4 is 9.47 Å². The Morgan fingerprint density at radius 2 is 1.74 bits per heavy atom. The molecular formula is C29H34N2O6S2. The topological polar surface area (TPSA) is 103 Å². The lowest BCUT2D eigenvalue weighted by molar-refractivity contribution is 0.0740. The molecule has 1 fully saturated rings. The first kappa shape index (κ1) is 28.8. The Kier molecular flexibility index (Phi) is 9.40. The zero-order valence-corrected chi connectivity index (χ0v) is 24.1. The molecule has 1 amide bonds. The van der Waals surface area contributed by atoms with Crippen LogP contribution in [0.4, 0.5) is 0 Å². The van der Waals surface area contributed by atoms with Crippen molar-refractivity contribution in [2.45, 2.75) is 39.2 Å². The summed E-state index contributed by atoms with van der Waals surface area (Å²) in [6, 6.07) is 13.5. The fourth-order valence-corrected chi connectivity index (χ4v) is 6.94. The lowest BCUT2D eigenvalue weighted by Gasteiger charge is -2.23. The fourth-order valence-electron chi connectivity index (χ4n) is 4.41. The number of amides is 1. The highest BCUT2D eigenvalue weighted by Crippen LogP contribution is 2.31. The van der Waals surface area contributed by atoms with Gasteiger partial charge in [0.2, 0.25) is 0 Å². The van der Waals surface area contributed by atoms with Crippen molar-refractivity contribution in [2.24, 2.45) is 5.92 Å². The molecule has 1 aromatic heterocycles. The number of aryl methyl sites for hydroxylation is 1. The molecule has 3 aromatic rings. The summed E-state index contributed by atoms with van der Waals surface area (Å²) in [4.78, 5) is 32.5. The second kappa shape index (κ2) is 12.7. The molecule has 1 aliphatic carbocycles. The van der Waals surface area contributed by atoms with E-state index in [9.17, 15) is 18.0 Å². The maximum atomic E-state index is 13.7. The molecule has 1 heterocycles. The number of sulfone groups is 1. The van der Waals surface area contributed by atoms with E-state index in [1.165, 1.54) is 16.9 Å². The molecule has 0 spiro atoms. The van der Waals surface area contributed by atoms with Gasteiger partial charge in [0.15, 0.2) is 15.6 Å². The van der Waals surface area contributed by atoms with Crippen LogP contribution in [0, 0.1) is 12.8 Å². The van der Waals surface area contributed by atoms with Gasteiger partial charge in [-0.3, -0.25) is 9.59 Å². The first-order valence-corrected chi connectivity index (χ1v) is 15.6. The Morgan fingerprint density at radius 1 is 1.08 bits per heavy atom. The second-order valence-electron chi connectivity index (χ2n) is 9.87. The van der Waals surface area contributed by atoms with E-state index < -0.39 is 21.4 Å². The van der Waals surface area contributed by atoms with Crippen molar-refractivity contribution in [2.75, 3.05) is 32.3 Å². The van der Waals surface area contributed by atoms with Gasteiger partial charge in [-0.2, -0.15) is 0 Å². The van der Waals surface area contributed by atoms with E-state index in [2.05, 4.69) is 17.1 Å². The average Bonchev–Trinajstić information content (AvgIpc) is 3.59. The predicted molar refractivity (Wildman–Crippen MR) is 152 cm³/mol. The molecule has 0 N–H and O–H groups in total. The molecule has 0 unspecified atom stereocenters. The molecule has 0 bridgehead atoms. The number of aromatic nitrogens is 1. The van der Waals surface area contributed by atoms with Crippen LogP contribution in [-0.2, 0) is 22.8 Å². The van der Waals surface area contributed by atoms with Gasteiger partial charge in [-0.15, -0.1) is 11.3 Å². The van der Waals surface area contributed by atoms with Gasteiger partial charge in [-0.1, -0.05) is 30.3 Å². The third-order valence-electron chi connectivity index (χ3n) is 6.72. The van der Waals surface area contributed by atoms with Gasteiger partial charge in [0, 0.05) is 23.1 Å². The molecule has 208 valence electrons. The highest BCUT2D eigenvalue weighted by Gasteiger charge is 2.30. The summed E-state index contributed by atoms with van der Waals surface area (Å²) in [5.41, 5.74) is 2.53. The lowest BCUT2D eigenvalue weighted by Crippen LogP contribution is -2.32. The van der Waals surface area contributed by atoms with E-state index in [-0.39, 0.29) is 29.8 Å². The Bertz CT molecular complexity index is 1390. The molecule has 0 aliphatic heterocycles. The fraction of sp³-hybridized carbons (Fsp3) is 0.414. The normalized spacial score (nSPS) is 13.2. The molecule has 8 nitrogen and oxygen atoms in total. The molecule has 2 aromatic carbocycles. The first-order chi connectivity index (χ1) is 18.7. The highest BCUT2D eigenvalue weighted by atomic mass is 32.2. The summed E-state index contributed by atoms with van der Waals surface area (Å²) in [6.07, 6.45) is 3.33. The van der Waals surface area contributed by atoms with Crippen LogP contribution >= 0.6 is 11.3 Å². The molecule has 10 heteroatoms. The molecule has 4 rings (SSSR count). The summed E-state index contributed by atoms with van der Waals surface area (Å²) in [6.45, 7) is 2.52. The quantitative estimate of drug-likeness (QED) is 0.258. The Labute approximate surface area is 233 Å². The van der Waals surface area contributed by atoms with Crippen LogP contribution in [0.2, 0.25) is 0 Å². The van der Waals surface area contributed by atoms with E-state index in [0.717, 1.165) is 31.2 Å². The summed E-state index contributed by atoms with van der Waals surface area (Å²) in [5.74, 6) is 0.0946. The zero-order chi connectivity index (χ0) is 28.0. The van der Waals surface area contributed by atoms with Crippen molar-refractivity contribution in [3.8, 4) is 11.5 Å². The molecule has 0 atom stereocenters. The predicted octanol–water partition coefficient (Wildman–Crippen LogP) is 4.75. The van der Waals surface area contributed by atoms with Gasteiger partial charge in [-0.25, -0.2) is 13.4 Å². The number of ether oxygens (including phenoxy) is 2. The van der Waals surface area contributed by atoms with Crippen LogP contribution in [0.25, 0.3) is 0 Å². The standard InChI is InChI=1S/C29H34N2O6S2/c1-20-26(36-2)14-23(15-27(20)37-3)29(33)31(13-7-10-21-8-5-4-6-9-21)16-28-30-24(17-38-28)25(32)19-39(34,35)18-22-11-12-22/h4-6,8-9,14-15,17,22H,7,10-13,16,18-19H2,1-3H3. The number of carbonyl (C=O) groups is 2. The number of ketones is 1. The van der Waals surface area contributed by atoms with Gasteiger partial charge in [0.05, 0.1) is 26.5 Å². The molecular weight excluding hydrogens is 536 g/mol. The summed E-state index contributed by atoms with van der Waals surface area (Å²) in [7, 11) is -0.361. The van der Waals surface area contributed by atoms with Crippen LogP contribution in [0.1, 0.15) is 56.2 Å². The van der Waals surface area contributed by atoms with Gasteiger partial charge >= 0.3 is 0 Å². The third-order valence-corrected chi connectivity index (χ3v) is 9.24. The zero-order valence-electron chi connectivity index (χ0n) is 22.5. The van der Waals surface area contributed by atoms with Crippen molar-refractivity contribution >= 4 is 32.9 Å². The smallest absolute Gasteiger partial charge is 0.254 e. The van der Waals surface area contributed by atoms with Crippen LogP contribution in [0.3, 0.4) is 0 Å². The maximum Gasteiger partial charge on any atom is 0.254 e. The number of thiazole rings is 1. The lowest BCUT2D eigenvalue weighted by atomic mass is 10.1. The summed E-state index contributed by atoms with van der Waals surface area (Å²) in [5, 5.41) is 2.14. The molecule has 0 saturated heterocycles. The molecule has 1 saturated carbocycles. The third kappa shape index (κ3) is 7.89. The van der Waals surface area contributed by atoms with Crippen molar-refractivity contribution in [3.63, 3.8) is 0 Å². The number of hydrogen-bond donors (Lipinski definition) is 0. The second-order valence-corrected chi connectivity index (χ2v) is 12.9. The molecule has 39 heavy (non-hydrogen) atoms. The van der Waals surface area contributed by atoms with Gasteiger partial charge in [-0.05, 0) is 56.2 Å². The van der Waals surface area contributed by atoms with Crippen LogP contribution in [-0.4, -0.2) is 62.3 Å². The Morgan fingerprint density at radius 3 is 2.36 bits per heavy atom. The van der Waals surface area contributed by atoms with Gasteiger partial charge < -0.3 is 14.4 Å². The largest absolute Gasteiger partial charge is 0.496 e. The SMILES string of the molecule is COc1cc(C(=O)N(CCCc2ccccc2)Cc2nc(C(=O)CS(=O)(=O)CC3CC3)cs2)cc(OC)c1C. The van der Waals surface area contributed by atoms with E-state index in [0.29, 0.717) is 28.6 Å². The monoisotopic (exact) mass is 570 g/mol. The minimum atomic E-state index is -3.46. The Hall–Kier alpha value is -3.24.